The number of phenols is 1. The Bertz CT molecular complexity index is 1010. The van der Waals surface area contributed by atoms with Gasteiger partial charge in [-0.05, 0) is 41.9 Å². The van der Waals surface area contributed by atoms with Gasteiger partial charge in [0.2, 0.25) is 11.8 Å². The fraction of sp³-hybridized carbons (Fsp3) is 0.200. The highest BCUT2D eigenvalue weighted by molar-refractivity contribution is 8.15. The summed E-state index contributed by atoms with van der Waals surface area (Å²) in [6.45, 7) is 1.92. The summed E-state index contributed by atoms with van der Waals surface area (Å²) in [7, 11) is 0. The summed E-state index contributed by atoms with van der Waals surface area (Å²) in [5.41, 5.74) is 1.27. The standard InChI is InChI=1S/C20H18N2O6S/c1-2-11-5-3-4-6-14(11)22-18(25)16(29-20(22)28)10-17(24)21-12-7-8-13(19(26)27)15(23)9-12/h3-9,16,23H,2,10H2,1H3,(H,21,24)(H,26,27). The van der Waals surface area contributed by atoms with Gasteiger partial charge in [0.15, 0.2) is 0 Å². The quantitative estimate of drug-likeness (QED) is 0.663. The van der Waals surface area contributed by atoms with Crippen molar-refractivity contribution in [1.29, 1.82) is 0 Å². The predicted molar refractivity (Wildman–Crippen MR) is 108 cm³/mol. The Kier molecular flexibility index (Phi) is 5.88. The number of carbonyl (C=O) groups excluding carboxylic acids is 3. The maximum absolute atomic E-state index is 12.7. The fourth-order valence-corrected chi connectivity index (χ4v) is 3.98. The van der Waals surface area contributed by atoms with Crippen LogP contribution in [-0.4, -0.2) is 38.5 Å². The van der Waals surface area contributed by atoms with Crippen molar-refractivity contribution < 1.29 is 29.4 Å². The van der Waals surface area contributed by atoms with E-state index in [0.717, 1.165) is 34.4 Å². The van der Waals surface area contributed by atoms with Crippen LogP contribution in [0, 0.1) is 0 Å². The smallest absolute Gasteiger partial charge is 0.339 e. The van der Waals surface area contributed by atoms with E-state index in [0.29, 0.717) is 12.1 Å². The summed E-state index contributed by atoms with van der Waals surface area (Å²) in [6, 6.07) is 10.7. The molecule has 1 aliphatic heterocycles. The largest absolute Gasteiger partial charge is 0.507 e. The van der Waals surface area contributed by atoms with Crippen LogP contribution in [0.1, 0.15) is 29.3 Å². The number of aryl methyl sites for hydroxylation is 1. The molecule has 2 aromatic carbocycles. The number of hydrogen-bond donors (Lipinski definition) is 3. The molecule has 3 N–H and O–H groups in total. The van der Waals surface area contributed by atoms with Crippen LogP contribution in [0.2, 0.25) is 0 Å². The lowest BCUT2D eigenvalue weighted by molar-refractivity contribution is -0.121. The van der Waals surface area contributed by atoms with E-state index >= 15 is 0 Å². The van der Waals surface area contributed by atoms with Crippen molar-refractivity contribution in [2.24, 2.45) is 0 Å². The Balaban J connectivity index is 1.70. The first-order valence-corrected chi connectivity index (χ1v) is 9.68. The van der Waals surface area contributed by atoms with Gasteiger partial charge in [-0.2, -0.15) is 0 Å². The number of hydrogen-bond acceptors (Lipinski definition) is 6. The summed E-state index contributed by atoms with van der Waals surface area (Å²) >= 11 is 0.794. The molecule has 2 aromatic rings. The molecule has 0 aromatic heterocycles. The minimum atomic E-state index is -1.29. The first-order valence-electron chi connectivity index (χ1n) is 8.80. The maximum Gasteiger partial charge on any atom is 0.339 e. The van der Waals surface area contributed by atoms with Gasteiger partial charge in [0.1, 0.15) is 16.6 Å². The van der Waals surface area contributed by atoms with Crippen LogP contribution >= 0.6 is 11.8 Å². The average molecular weight is 414 g/mol. The number of rotatable bonds is 6. The number of nitrogens with one attached hydrogen (secondary N) is 1. The van der Waals surface area contributed by atoms with Crippen molar-refractivity contribution in [1.82, 2.24) is 0 Å². The second-order valence-electron chi connectivity index (χ2n) is 6.32. The van der Waals surface area contributed by atoms with Gasteiger partial charge in [-0.3, -0.25) is 14.4 Å². The van der Waals surface area contributed by atoms with Crippen LogP contribution in [0.15, 0.2) is 42.5 Å². The predicted octanol–water partition coefficient (Wildman–Crippen LogP) is 3.25. The minimum Gasteiger partial charge on any atom is -0.507 e. The van der Waals surface area contributed by atoms with Crippen LogP contribution < -0.4 is 10.2 Å². The van der Waals surface area contributed by atoms with Crippen LogP contribution in [0.4, 0.5) is 16.2 Å². The molecule has 0 radical (unpaired) electrons. The molecule has 1 heterocycles. The van der Waals surface area contributed by atoms with Crippen molar-refractivity contribution in [3.05, 3.63) is 53.6 Å². The minimum absolute atomic E-state index is 0.187. The third-order valence-corrected chi connectivity index (χ3v) is 5.45. The molecule has 0 spiro atoms. The number of imide groups is 1. The average Bonchev–Trinajstić information content (AvgIpc) is 2.94. The van der Waals surface area contributed by atoms with Crippen LogP contribution in [0.25, 0.3) is 0 Å². The number of anilines is 2. The zero-order valence-corrected chi connectivity index (χ0v) is 16.2. The molecule has 150 valence electrons. The summed E-state index contributed by atoms with van der Waals surface area (Å²) in [4.78, 5) is 49.5. The first kappa shape index (κ1) is 20.4. The third-order valence-electron chi connectivity index (χ3n) is 4.42. The Hall–Kier alpha value is -3.33. The van der Waals surface area contributed by atoms with Crippen LogP contribution in [-0.2, 0) is 16.0 Å². The number of para-hydroxylation sites is 1. The number of carbonyl (C=O) groups is 4. The Morgan fingerprint density at radius 2 is 1.90 bits per heavy atom. The number of carboxylic acids is 1. The zero-order chi connectivity index (χ0) is 21.1. The van der Waals surface area contributed by atoms with E-state index in [4.69, 9.17) is 5.11 Å². The van der Waals surface area contributed by atoms with E-state index in [1.807, 2.05) is 19.1 Å². The van der Waals surface area contributed by atoms with E-state index in [1.54, 1.807) is 12.1 Å². The van der Waals surface area contributed by atoms with Gasteiger partial charge in [0, 0.05) is 18.2 Å². The first-order chi connectivity index (χ1) is 13.8. The molecule has 1 saturated heterocycles. The van der Waals surface area contributed by atoms with E-state index < -0.39 is 34.0 Å². The molecule has 0 aliphatic carbocycles. The van der Waals surface area contributed by atoms with Crippen molar-refractivity contribution in [2.75, 3.05) is 10.2 Å². The monoisotopic (exact) mass is 414 g/mol. The normalized spacial score (nSPS) is 16.2. The van der Waals surface area contributed by atoms with E-state index in [9.17, 15) is 24.3 Å². The second kappa shape index (κ2) is 8.36. The number of carboxylic acid groups (broad SMARTS) is 1. The highest BCUT2D eigenvalue weighted by atomic mass is 32.2. The van der Waals surface area contributed by atoms with Gasteiger partial charge in [0.05, 0.1) is 5.69 Å². The number of benzene rings is 2. The van der Waals surface area contributed by atoms with Gasteiger partial charge in [-0.15, -0.1) is 0 Å². The highest BCUT2D eigenvalue weighted by Gasteiger charge is 2.42. The molecular formula is C20H18N2O6S. The molecule has 3 rings (SSSR count). The second-order valence-corrected chi connectivity index (χ2v) is 7.47. The lowest BCUT2D eigenvalue weighted by Crippen LogP contribution is -2.33. The lowest BCUT2D eigenvalue weighted by atomic mass is 10.1. The van der Waals surface area contributed by atoms with Gasteiger partial charge in [-0.1, -0.05) is 25.1 Å². The molecule has 1 aliphatic rings. The van der Waals surface area contributed by atoms with Crippen molar-refractivity contribution in [3.63, 3.8) is 0 Å². The van der Waals surface area contributed by atoms with Gasteiger partial charge >= 0.3 is 5.97 Å². The Labute approximate surface area is 170 Å². The zero-order valence-electron chi connectivity index (χ0n) is 15.4. The van der Waals surface area contributed by atoms with Crippen molar-refractivity contribution in [3.8, 4) is 5.75 Å². The van der Waals surface area contributed by atoms with Gasteiger partial charge in [0.25, 0.3) is 5.24 Å². The molecule has 0 bridgehead atoms. The Morgan fingerprint density at radius 3 is 2.55 bits per heavy atom. The molecular weight excluding hydrogens is 396 g/mol. The maximum atomic E-state index is 12.7. The third kappa shape index (κ3) is 4.24. The summed E-state index contributed by atoms with van der Waals surface area (Å²) in [5, 5.41) is 19.8. The molecule has 8 nitrogen and oxygen atoms in total. The molecule has 1 atom stereocenters. The summed E-state index contributed by atoms with van der Waals surface area (Å²) in [6.07, 6.45) is 0.417. The number of aromatic carboxylic acids is 1. The van der Waals surface area contributed by atoms with Crippen LogP contribution in [0.5, 0.6) is 5.75 Å². The molecule has 9 heteroatoms. The van der Waals surface area contributed by atoms with Gasteiger partial charge in [-0.25, -0.2) is 9.69 Å². The number of thioether (sulfide) groups is 1. The van der Waals surface area contributed by atoms with E-state index in [2.05, 4.69) is 5.32 Å². The van der Waals surface area contributed by atoms with Gasteiger partial charge < -0.3 is 15.5 Å². The SMILES string of the molecule is CCc1ccccc1N1C(=O)SC(CC(=O)Nc2ccc(C(=O)O)c(O)c2)C1=O. The molecule has 1 fully saturated rings. The lowest BCUT2D eigenvalue weighted by Gasteiger charge is -2.17. The fourth-order valence-electron chi connectivity index (χ4n) is 3.00. The number of aromatic hydroxyl groups is 1. The molecule has 1 unspecified atom stereocenters. The highest BCUT2D eigenvalue weighted by Crippen LogP contribution is 2.35. The molecule has 29 heavy (non-hydrogen) atoms. The van der Waals surface area contributed by atoms with Crippen molar-refractivity contribution >= 4 is 46.2 Å². The number of nitrogens with zero attached hydrogens (tertiary/aromatic N) is 1. The van der Waals surface area contributed by atoms with Crippen molar-refractivity contribution in [2.45, 2.75) is 25.0 Å². The topological polar surface area (TPSA) is 124 Å². The number of amides is 3. The van der Waals surface area contributed by atoms with Crippen LogP contribution in [0.3, 0.4) is 0 Å². The summed E-state index contributed by atoms with van der Waals surface area (Å²) in [5.74, 6) is -2.77. The van der Waals surface area contributed by atoms with E-state index in [-0.39, 0.29) is 17.7 Å². The molecule has 0 saturated carbocycles. The van der Waals surface area contributed by atoms with E-state index in [1.165, 1.54) is 6.07 Å². The Morgan fingerprint density at radius 1 is 1.17 bits per heavy atom. The molecule has 3 amide bonds. The summed E-state index contributed by atoms with van der Waals surface area (Å²) < 4.78 is 0.